The van der Waals surface area contributed by atoms with Crippen LogP contribution in [0.1, 0.15) is 20.3 Å². The Morgan fingerprint density at radius 2 is 1.96 bits per heavy atom. The highest BCUT2D eigenvalue weighted by Gasteiger charge is 2.57. The molecular weight excluding hydrogens is 356 g/mol. The molecule has 8 heteroatoms. The molecule has 3 saturated heterocycles. The van der Waals surface area contributed by atoms with Crippen molar-refractivity contribution < 1.29 is 38.4 Å². The fraction of sp³-hybridized carbons (Fsp3) is 0.526. The smallest absolute Gasteiger partial charge is 0.340 e. The van der Waals surface area contributed by atoms with Gasteiger partial charge in [0.15, 0.2) is 11.2 Å². The number of fused-ring (bicyclic) bond motifs is 3. The van der Waals surface area contributed by atoms with Crippen molar-refractivity contribution in [2.45, 2.75) is 49.8 Å². The highest BCUT2D eigenvalue weighted by atomic mass is 16.6. The van der Waals surface area contributed by atoms with Crippen LogP contribution in [0.25, 0.3) is 0 Å². The van der Waals surface area contributed by atoms with E-state index in [1.165, 1.54) is 6.08 Å². The van der Waals surface area contributed by atoms with Gasteiger partial charge in [0.1, 0.15) is 24.1 Å². The third-order valence-electron chi connectivity index (χ3n) is 5.62. The lowest BCUT2D eigenvalue weighted by molar-refractivity contribution is -0.164. The molecule has 0 aromatic heterocycles. The van der Waals surface area contributed by atoms with Crippen LogP contribution in [-0.2, 0) is 33.3 Å². The number of aliphatic hydroxyl groups excluding tert-OH is 1. The topological polar surface area (TPSA) is 112 Å². The lowest BCUT2D eigenvalue weighted by atomic mass is 9.80. The molecule has 0 aliphatic carbocycles. The van der Waals surface area contributed by atoms with E-state index in [1.54, 1.807) is 13.8 Å². The summed E-state index contributed by atoms with van der Waals surface area (Å²) >= 11 is 0. The van der Waals surface area contributed by atoms with E-state index in [0.717, 1.165) is 0 Å². The number of hydrogen-bond acceptors (Lipinski definition) is 8. The molecule has 0 amide bonds. The quantitative estimate of drug-likeness (QED) is 0.417. The average molecular weight is 376 g/mol. The first-order valence-electron chi connectivity index (χ1n) is 8.63. The van der Waals surface area contributed by atoms with Crippen molar-refractivity contribution >= 4 is 17.7 Å². The SMILES string of the molecule is C=C1C(=O)O[C@H]2[C@H]1[C@@H](OC(=O)[C@]1(C)CO1)C[C@@]1(C)OC(=CC1=O)C(=C)[C@H]2O. The van der Waals surface area contributed by atoms with Crippen LogP contribution in [0.4, 0.5) is 0 Å². The van der Waals surface area contributed by atoms with Gasteiger partial charge in [-0.1, -0.05) is 13.2 Å². The number of aliphatic hydroxyl groups is 1. The monoisotopic (exact) mass is 376 g/mol. The molecule has 4 aliphatic heterocycles. The molecule has 2 bridgehead atoms. The third-order valence-corrected chi connectivity index (χ3v) is 5.62. The van der Waals surface area contributed by atoms with E-state index in [-0.39, 0.29) is 35.7 Å². The van der Waals surface area contributed by atoms with Gasteiger partial charge in [0.05, 0.1) is 12.5 Å². The van der Waals surface area contributed by atoms with Crippen molar-refractivity contribution in [2.24, 2.45) is 5.92 Å². The molecule has 8 nitrogen and oxygen atoms in total. The maximum Gasteiger partial charge on any atom is 0.340 e. The zero-order chi connectivity index (χ0) is 19.7. The Morgan fingerprint density at radius 1 is 1.30 bits per heavy atom. The van der Waals surface area contributed by atoms with Crippen molar-refractivity contribution in [1.82, 2.24) is 0 Å². The second-order valence-electron chi connectivity index (χ2n) is 7.76. The molecule has 0 spiro atoms. The standard InChI is InChI=1S/C19H20O8/c1-8-10-5-12(20)18(3,27-10)6-11(25-17(23)19(4)7-24-19)13-9(2)16(22)26-15(13)14(8)21/h5,11,13-15,21H,1-2,6-7H2,3-4H3/t11-,13+,14+,15-,18+,19-/m0/s1. The van der Waals surface area contributed by atoms with E-state index in [9.17, 15) is 19.5 Å². The summed E-state index contributed by atoms with van der Waals surface area (Å²) in [5.41, 5.74) is -2.19. The summed E-state index contributed by atoms with van der Waals surface area (Å²) in [6, 6.07) is 0. The van der Waals surface area contributed by atoms with Crippen molar-refractivity contribution in [3.05, 3.63) is 36.1 Å². The van der Waals surface area contributed by atoms with E-state index in [1.807, 2.05) is 0 Å². The summed E-state index contributed by atoms with van der Waals surface area (Å²) in [6.07, 6.45) is -2.16. The maximum absolute atomic E-state index is 12.5. The summed E-state index contributed by atoms with van der Waals surface area (Å²) in [6.45, 7) is 10.9. The first-order chi connectivity index (χ1) is 12.6. The average Bonchev–Trinajstić information content (AvgIpc) is 3.19. The molecule has 0 aromatic carbocycles. The van der Waals surface area contributed by atoms with E-state index >= 15 is 0 Å². The predicted octanol–water partition coefficient (Wildman–Crippen LogP) is 0.348. The van der Waals surface area contributed by atoms with Crippen molar-refractivity contribution in [3.8, 4) is 0 Å². The van der Waals surface area contributed by atoms with E-state index in [0.29, 0.717) is 0 Å². The van der Waals surface area contributed by atoms with Crippen LogP contribution in [0, 0.1) is 5.92 Å². The van der Waals surface area contributed by atoms with Gasteiger partial charge >= 0.3 is 11.9 Å². The number of hydrogen-bond donors (Lipinski definition) is 1. The van der Waals surface area contributed by atoms with Gasteiger partial charge < -0.3 is 24.1 Å². The fourth-order valence-corrected chi connectivity index (χ4v) is 3.66. The summed E-state index contributed by atoms with van der Waals surface area (Å²) < 4.78 is 21.8. The summed E-state index contributed by atoms with van der Waals surface area (Å²) in [5, 5.41) is 10.7. The maximum atomic E-state index is 12.5. The Morgan fingerprint density at radius 3 is 2.59 bits per heavy atom. The number of rotatable bonds is 2. The van der Waals surface area contributed by atoms with Gasteiger partial charge in [0, 0.05) is 23.6 Å². The normalized spacial score (nSPS) is 43.0. The zero-order valence-corrected chi connectivity index (χ0v) is 15.0. The third kappa shape index (κ3) is 2.62. The molecule has 27 heavy (non-hydrogen) atoms. The van der Waals surface area contributed by atoms with Gasteiger partial charge in [-0.3, -0.25) is 4.79 Å². The molecule has 0 aromatic rings. The van der Waals surface area contributed by atoms with Crippen molar-refractivity contribution in [2.75, 3.05) is 6.61 Å². The van der Waals surface area contributed by atoms with Crippen LogP contribution in [0.5, 0.6) is 0 Å². The Labute approximate surface area is 155 Å². The first-order valence-corrected chi connectivity index (χ1v) is 8.63. The number of epoxide rings is 1. The van der Waals surface area contributed by atoms with E-state index in [4.69, 9.17) is 18.9 Å². The molecule has 4 heterocycles. The van der Waals surface area contributed by atoms with Crippen LogP contribution in [0.2, 0.25) is 0 Å². The van der Waals surface area contributed by atoms with Gasteiger partial charge in [0.25, 0.3) is 0 Å². The Balaban J connectivity index is 1.76. The highest BCUT2D eigenvalue weighted by molar-refractivity contribution is 6.00. The Kier molecular flexibility index (Phi) is 3.67. The fourth-order valence-electron chi connectivity index (χ4n) is 3.66. The largest absolute Gasteiger partial charge is 0.479 e. The molecule has 4 aliphatic rings. The minimum Gasteiger partial charge on any atom is -0.479 e. The Bertz CT molecular complexity index is 820. The summed E-state index contributed by atoms with van der Waals surface area (Å²) in [7, 11) is 0. The zero-order valence-electron chi connectivity index (χ0n) is 15.0. The molecule has 0 radical (unpaired) electrons. The van der Waals surface area contributed by atoms with Crippen LogP contribution >= 0.6 is 0 Å². The van der Waals surface area contributed by atoms with Crippen LogP contribution < -0.4 is 0 Å². The van der Waals surface area contributed by atoms with Crippen molar-refractivity contribution in [1.29, 1.82) is 0 Å². The first kappa shape index (κ1) is 17.9. The summed E-state index contributed by atoms with van der Waals surface area (Å²) in [4.78, 5) is 37.1. The molecule has 0 saturated carbocycles. The molecule has 6 atom stereocenters. The van der Waals surface area contributed by atoms with Gasteiger partial charge in [-0.25, -0.2) is 9.59 Å². The molecule has 4 rings (SSSR count). The van der Waals surface area contributed by atoms with Crippen LogP contribution in [0.15, 0.2) is 36.1 Å². The number of carbonyl (C=O) groups excluding carboxylic acids is 3. The van der Waals surface area contributed by atoms with Gasteiger partial charge in [-0.2, -0.15) is 0 Å². The molecule has 3 fully saturated rings. The second-order valence-corrected chi connectivity index (χ2v) is 7.76. The number of carbonyl (C=O) groups is 3. The van der Waals surface area contributed by atoms with Gasteiger partial charge in [-0.05, 0) is 13.8 Å². The number of ketones is 1. The second kappa shape index (κ2) is 5.53. The lowest BCUT2D eigenvalue weighted by Gasteiger charge is -2.32. The van der Waals surface area contributed by atoms with Crippen molar-refractivity contribution in [3.63, 3.8) is 0 Å². The van der Waals surface area contributed by atoms with Gasteiger partial charge in [0.2, 0.25) is 5.78 Å². The molecule has 0 unspecified atom stereocenters. The Hall–Kier alpha value is -2.45. The molecule has 144 valence electrons. The minimum atomic E-state index is -1.34. The van der Waals surface area contributed by atoms with E-state index in [2.05, 4.69) is 13.2 Å². The van der Waals surface area contributed by atoms with E-state index < -0.39 is 47.4 Å². The predicted molar refractivity (Wildman–Crippen MR) is 89.1 cm³/mol. The van der Waals surface area contributed by atoms with Crippen LogP contribution in [-0.4, -0.2) is 58.9 Å². The molecule has 1 N–H and O–H groups in total. The number of ether oxygens (including phenoxy) is 4. The lowest BCUT2D eigenvalue weighted by Crippen LogP contribution is -2.46. The molecular formula is C19H20O8. The highest BCUT2D eigenvalue weighted by Crippen LogP contribution is 2.44. The van der Waals surface area contributed by atoms with Gasteiger partial charge in [-0.15, -0.1) is 0 Å². The van der Waals surface area contributed by atoms with Crippen LogP contribution in [0.3, 0.4) is 0 Å². The number of esters is 2. The minimum absolute atomic E-state index is 0.0372. The summed E-state index contributed by atoms with van der Waals surface area (Å²) in [5.74, 6) is -2.36.